The van der Waals surface area contributed by atoms with Crippen molar-refractivity contribution in [3.8, 4) is 5.75 Å². The van der Waals surface area contributed by atoms with Gasteiger partial charge in [-0.1, -0.05) is 19.4 Å². The molecule has 1 aromatic carbocycles. The van der Waals surface area contributed by atoms with Gasteiger partial charge < -0.3 is 10.5 Å². The maximum Gasteiger partial charge on any atom is 0.165 e. The molecule has 0 spiro atoms. The number of ether oxygens (including phenoxy) is 1. The minimum Gasteiger partial charge on any atom is -0.494 e. The van der Waals surface area contributed by atoms with Crippen LogP contribution >= 0.6 is 0 Å². The molecule has 3 heteroatoms. The minimum absolute atomic E-state index is 0.153. The van der Waals surface area contributed by atoms with Crippen LogP contribution < -0.4 is 10.5 Å². The summed E-state index contributed by atoms with van der Waals surface area (Å²) < 4.78 is 18.7. The standard InChI is InChI=1S/C15H22FNO/c1-3-10-4-6-14(17)12(8-10)11-5-7-15(18-2)13(16)9-11/h5,7,9-10,12,14H,3-4,6,8,17H2,1-2H3. The van der Waals surface area contributed by atoms with Gasteiger partial charge in [0.1, 0.15) is 0 Å². The van der Waals surface area contributed by atoms with E-state index in [4.69, 9.17) is 10.5 Å². The first-order chi connectivity index (χ1) is 8.65. The highest BCUT2D eigenvalue weighted by Crippen LogP contribution is 2.37. The van der Waals surface area contributed by atoms with Crippen molar-refractivity contribution in [2.45, 2.75) is 44.6 Å². The number of hydrogen-bond donors (Lipinski definition) is 1. The summed E-state index contributed by atoms with van der Waals surface area (Å²) in [5, 5.41) is 0. The van der Waals surface area contributed by atoms with Crippen LogP contribution in [0.4, 0.5) is 4.39 Å². The van der Waals surface area contributed by atoms with Gasteiger partial charge in [-0.3, -0.25) is 0 Å². The smallest absolute Gasteiger partial charge is 0.165 e. The highest BCUT2D eigenvalue weighted by molar-refractivity contribution is 5.32. The van der Waals surface area contributed by atoms with Crippen molar-refractivity contribution in [3.05, 3.63) is 29.6 Å². The van der Waals surface area contributed by atoms with Crippen LogP contribution in [0.1, 0.15) is 44.1 Å². The van der Waals surface area contributed by atoms with Crippen molar-refractivity contribution in [2.24, 2.45) is 11.7 Å². The normalized spacial score (nSPS) is 28.1. The Balaban J connectivity index is 2.21. The van der Waals surface area contributed by atoms with Crippen molar-refractivity contribution in [1.29, 1.82) is 0 Å². The third kappa shape index (κ3) is 2.66. The lowest BCUT2D eigenvalue weighted by Gasteiger charge is -2.34. The number of hydrogen-bond acceptors (Lipinski definition) is 2. The lowest BCUT2D eigenvalue weighted by atomic mass is 9.74. The molecule has 2 rings (SSSR count). The van der Waals surface area contributed by atoms with E-state index in [1.165, 1.54) is 20.0 Å². The van der Waals surface area contributed by atoms with Gasteiger partial charge in [0, 0.05) is 6.04 Å². The van der Waals surface area contributed by atoms with Gasteiger partial charge in [0.05, 0.1) is 7.11 Å². The summed E-state index contributed by atoms with van der Waals surface area (Å²) in [7, 11) is 1.48. The predicted octanol–water partition coefficient (Wildman–Crippen LogP) is 3.46. The highest BCUT2D eigenvalue weighted by Gasteiger charge is 2.28. The number of benzene rings is 1. The lowest BCUT2D eigenvalue weighted by Crippen LogP contribution is -2.34. The molecule has 2 N–H and O–H groups in total. The molecule has 1 fully saturated rings. The van der Waals surface area contributed by atoms with Crippen LogP contribution in [-0.2, 0) is 0 Å². The first-order valence-electron chi connectivity index (χ1n) is 6.74. The second-order valence-corrected chi connectivity index (χ2v) is 5.25. The quantitative estimate of drug-likeness (QED) is 0.893. The highest BCUT2D eigenvalue weighted by atomic mass is 19.1. The number of nitrogens with two attached hydrogens (primary N) is 1. The molecule has 0 aromatic heterocycles. The molecule has 0 saturated heterocycles. The second-order valence-electron chi connectivity index (χ2n) is 5.25. The summed E-state index contributed by atoms with van der Waals surface area (Å²) in [4.78, 5) is 0. The maximum absolute atomic E-state index is 13.7. The van der Waals surface area contributed by atoms with Gasteiger partial charge in [-0.05, 0) is 48.8 Å². The predicted molar refractivity (Wildman–Crippen MR) is 71.3 cm³/mol. The Hall–Kier alpha value is -1.09. The van der Waals surface area contributed by atoms with Crippen molar-refractivity contribution in [3.63, 3.8) is 0 Å². The van der Waals surface area contributed by atoms with Gasteiger partial charge in [0.15, 0.2) is 11.6 Å². The van der Waals surface area contributed by atoms with Gasteiger partial charge in [0.2, 0.25) is 0 Å². The molecular formula is C15H22FNO. The van der Waals surface area contributed by atoms with Gasteiger partial charge in [-0.2, -0.15) is 0 Å². The molecule has 0 radical (unpaired) electrons. The molecule has 0 bridgehead atoms. The van der Waals surface area contributed by atoms with E-state index in [0.29, 0.717) is 5.75 Å². The Morgan fingerprint density at radius 1 is 1.39 bits per heavy atom. The Morgan fingerprint density at radius 2 is 2.17 bits per heavy atom. The molecule has 3 atom stereocenters. The van der Waals surface area contributed by atoms with Crippen LogP contribution in [-0.4, -0.2) is 13.2 Å². The van der Waals surface area contributed by atoms with Crippen LogP contribution in [0.2, 0.25) is 0 Å². The van der Waals surface area contributed by atoms with E-state index in [0.717, 1.165) is 24.3 Å². The average molecular weight is 251 g/mol. The Morgan fingerprint density at radius 3 is 2.78 bits per heavy atom. The summed E-state index contributed by atoms with van der Waals surface area (Å²) in [6.07, 6.45) is 4.49. The molecule has 1 aromatic rings. The average Bonchev–Trinajstić information content (AvgIpc) is 2.39. The maximum atomic E-state index is 13.7. The van der Waals surface area contributed by atoms with Crippen LogP contribution in [0, 0.1) is 11.7 Å². The van der Waals surface area contributed by atoms with E-state index < -0.39 is 0 Å². The van der Waals surface area contributed by atoms with Gasteiger partial charge in [-0.25, -0.2) is 4.39 Å². The summed E-state index contributed by atoms with van der Waals surface area (Å²) >= 11 is 0. The Labute approximate surface area is 108 Å². The van der Waals surface area contributed by atoms with E-state index in [1.54, 1.807) is 12.1 Å². The van der Waals surface area contributed by atoms with Gasteiger partial charge in [-0.15, -0.1) is 0 Å². The van der Waals surface area contributed by atoms with Crippen LogP contribution in [0.5, 0.6) is 5.75 Å². The zero-order valence-electron chi connectivity index (χ0n) is 11.2. The second kappa shape index (κ2) is 5.70. The molecule has 1 saturated carbocycles. The zero-order valence-corrected chi connectivity index (χ0v) is 11.2. The molecule has 3 unspecified atom stereocenters. The summed E-state index contributed by atoms with van der Waals surface area (Å²) in [5.41, 5.74) is 7.21. The van der Waals surface area contributed by atoms with Crippen LogP contribution in [0.15, 0.2) is 18.2 Å². The van der Waals surface area contributed by atoms with E-state index in [2.05, 4.69) is 6.92 Å². The molecule has 18 heavy (non-hydrogen) atoms. The molecule has 1 aliphatic carbocycles. The first-order valence-corrected chi connectivity index (χ1v) is 6.74. The molecule has 0 heterocycles. The summed E-state index contributed by atoms with van der Waals surface area (Å²) in [5.74, 6) is 1.01. The Kier molecular flexibility index (Phi) is 4.23. The summed E-state index contributed by atoms with van der Waals surface area (Å²) in [6.45, 7) is 2.22. The molecule has 2 nitrogen and oxygen atoms in total. The van der Waals surface area contributed by atoms with Gasteiger partial charge in [0.25, 0.3) is 0 Å². The van der Waals surface area contributed by atoms with Crippen molar-refractivity contribution >= 4 is 0 Å². The SMILES string of the molecule is CCC1CCC(N)C(c2ccc(OC)c(F)c2)C1. The fourth-order valence-electron chi connectivity index (χ4n) is 2.95. The third-order valence-corrected chi connectivity index (χ3v) is 4.19. The van der Waals surface area contributed by atoms with Crippen LogP contribution in [0.3, 0.4) is 0 Å². The van der Waals surface area contributed by atoms with Crippen LogP contribution in [0.25, 0.3) is 0 Å². The monoisotopic (exact) mass is 251 g/mol. The molecule has 100 valence electrons. The van der Waals surface area contributed by atoms with Crippen molar-refractivity contribution in [1.82, 2.24) is 0 Å². The minimum atomic E-state index is -0.291. The first kappa shape index (κ1) is 13.3. The third-order valence-electron chi connectivity index (χ3n) is 4.19. The molecule has 0 amide bonds. The van der Waals surface area contributed by atoms with E-state index in [1.807, 2.05) is 6.07 Å². The fraction of sp³-hybridized carbons (Fsp3) is 0.600. The Bertz CT molecular complexity index is 407. The number of halogens is 1. The van der Waals surface area contributed by atoms with Crippen molar-refractivity contribution in [2.75, 3.05) is 7.11 Å². The number of methoxy groups -OCH3 is 1. The van der Waals surface area contributed by atoms with Crippen molar-refractivity contribution < 1.29 is 9.13 Å². The van der Waals surface area contributed by atoms with E-state index >= 15 is 0 Å². The lowest BCUT2D eigenvalue weighted by molar-refractivity contribution is 0.281. The molecule has 0 aliphatic heterocycles. The molecule has 1 aliphatic rings. The van der Waals surface area contributed by atoms with E-state index in [-0.39, 0.29) is 17.8 Å². The topological polar surface area (TPSA) is 35.2 Å². The zero-order chi connectivity index (χ0) is 13.1. The summed E-state index contributed by atoms with van der Waals surface area (Å²) in [6, 6.07) is 5.39. The van der Waals surface area contributed by atoms with Gasteiger partial charge >= 0.3 is 0 Å². The van der Waals surface area contributed by atoms with E-state index in [9.17, 15) is 4.39 Å². The number of rotatable bonds is 3. The fourth-order valence-corrected chi connectivity index (χ4v) is 2.95. The molecular weight excluding hydrogens is 229 g/mol. The largest absolute Gasteiger partial charge is 0.494 e.